The molecule has 0 aliphatic rings. The standard InChI is InChI=1S/C65H122O6/c1-4-7-10-13-16-19-22-24-26-28-29-30-31-32-33-34-35-36-37-38-40-41-43-46-49-52-55-58-64(67)70-61-62(60-69-63(66)57-54-51-48-45-21-18-15-12-9-6-3)71-65(68)59-56-53-50-47-44-42-39-27-25-23-20-17-14-11-8-5-2/h22,24,28-29,62H,4-21,23,25-27,30-61H2,1-3H3/b24-22-,29-28-. The summed E-state index contributed by atoms with van der Waals surface area (Å²) in [6.07, 6.45) is 71.9. The highest BCUT2D eigenvalue weighted by atomic mass is 16.6. The number of esters is 3. The van der Waals surface area contributed by atoms with Gasteiger partial charge in [0.15, 0.2) is 6.10 Å². The Kier molecular flexibility index (Phi) is 58.6. The Morgan fingerprint density at radius 3 is 0.775 bits per heavy atom. The Hall–Kier alpha value is -2.11. The molecule has 0 radical (unpaired) electrons. The fourth-order valence-corrected chi connectivity index (χ4v) is 9.65. The highest BCUT2D eigenvalue weighted by molar-refractivity contribution is 5.71. The second-order valence-electron chi connectivity index (χ2n) is 21.7. The van der Waals surface area contributed by atoms with E-state index in [1.807, 2.05) is 0 Å². The van der Waals surface area contributed by atoms with Crippen molar-refractivity contribution in [3.8, 4) is 0 Å². The van der Waals surface area contributed by atoms with Crippen LogP contribution in [0, 0.1) is 0 Å². The van der Waals surface area contributed by atoms with Crippen molar-refractivity contribution in [1.82, 2.24) is 0 Å². The van der Waals surface area contributed by atoms with E-state index in [-0.39, 0.29) is 31.1 Å². The van der Waals surface area contributed by atoms with Crippen LogP contribution in [0.2, 0.25) is 0 Å². The Balaban J connectivity index is 4.13. The topological polar surface area (TPSA) is 78.9 Å². The first kappa shape index (κ1) is 68.9. The molecule has 0 fully saturated rings. The van der Waals surface area contributed by atoms with Gasteiger partial charge in [0.1, 0.15) is 13.2 Å². The summed E-state index contributed by atoms with van der Waals surface area (Å²) in [4.78, 5) is 38.2. The lowest BCUT2D eigenvalue weighted by molar-refractivity contribution is -0.167. The Bertz CT molecular complexity index is 1150. The Labute approximate surface area is 443 Å². The molecule has 0 saturated carbocycles. The van der Waals surface area contributed by atoms with Crippen LogP contribution in [0.1, 0.15) is 355 Å². The average molecular weight is 1000 g/mol. The van der Waals surface area contributed by atoms with Crippen LogP contribution < -0.4 is 0 Å². The van der Waals surface area contributed by atoms with Gasteiger partial charge in [-0.15, -0.1) is 0 Å². The van der Waals surface area contributed by atoms with Crippen molar-refractivity contribution in [1.29, 1.82) is 0 Å². The van der Waals surface area contributed by atoms with E-state index in [9.17, 15) is 14.4 Å². The predicted molar refractivity (Wildman–Crippen MR) is 307 cm³/mol. The van der Waals surface area contributed by atoms with Gasteiger partial charge in [0.2, 0.25) is 0 Å². The summed E-state index contributed by atoms with van der Waals surface area (Å²) < 4.78 is 16.9. The number of rotatable bonds is 59. The van der Waals surface area contributed by atoms with Crippen molar-refractivity contribution < 1.29 is 28.6 Å². The Morgan fingerprint density at radius 1 is 0.282 bits per heavy atom. The third kappa shape index (κ3) is 58.7. The molecule has 1 atom stereocenters. The summed E-state index contributed by atoms with van der Waals surface area (Å²) in [5.74, 6) is -0.841. The van der Waals surface area contributed by atoms with E-state index in [0.29, 0.717) is 19.3 Å². The maximum atomic E-state index is 12.9. The van der Waals surface area contributed by atoms with Gasteiger partial charge >= 0.3 is 17.9 Å². The maximum absolute atomic E-state index is 12.9. The molecular formula is C65H122O6. The van der Waals surface area contributed by atoms with E-state index in [0.717, 1.165) is 64.2 Å². The molecule has 0 bridgehead atoms. The van der Waals surface area contributed by atoms with Gasteiger partial charge < -0.3 is 14.2 Å². The predicted octanol–water partition coefficient (Wildman–Crippen LogP) is 21.4. The minimum Gasteiger partial charge on any atom is -0.462 e. The monoisotopic (exact) mass is 999 g/mol. The first-order valence-electron chi connectivity index (χ1n) is 31.8. The van der Waals surface area contributed by atoms with E-state index >= 15 is 0 Å². The van der Waals surface area contributed by atoms with Crippen molar-refractivity contribution in [2.45, 2.75) is 361 Å². The van der Waals surface area contributed by atoms with Crippen LogP contribution in [0.15, 0.2) is 24.3 Å². The van der Waals surface area contributed by atoms with Crippen molar-refractivity contribution in [2.75, 3.05) is 13.2 Å². The molecule has 0 heterocycles. The van der Waals surface area contributed by atoms with Crippen molar-refractivity contribution in [2.24, 2.45) is 0 Å². The molecule has 1 unspecified atom stereocenters. The second kappa shape index (κ2) is 60.4. The second-order valence-corrected chi connectivity index (χ2v) is 21.7. The first-order valence-corrected chi connectivity index (χ1v) is 31.8. The largest absolute Gasteiger partial charge is 0.462 e. The van der Waals surface area contributed by atoms with E-state index in [4.69, 9.17) is 14.2 Å². The molecule has 0 aliphatic heterocycles. The summed E-state index contributed by atoms with van der Waals surface area (Å²) in [6, 6.07) is 0. The van der Waals surface area contributed by atoms with Crippen molar-refractivity contribution in [3.63, 3.8) is 0 Å². The maximum Gasteiger partial charge on any atom is 0.306 e. The van der Waals surface area contributed by atoms with Crippen molar-refractivity contribution in [3.05, 3.63) is 24.3 Å². The summed E-state index contributed by atoms with van der Waals surface area (Å²) in [6.45, 7) is 6.68. The van der Waals surface area contributed by atoms with Gasteiger partial charge in [0, 0.05) is 19.3 Å². The molecule has 0 saturated heterocycles. The number of carbonyl (C=O) groups is 3. The van der Waals surface area contributed by atoms with Crippen LogP contribution in [-0.2, 0) is 28.6 Å². The minimum atomic E-state index is -0.765. The minimum absolute atomic E-state index is 0.0646. The van der Waals surface area contributed by atoms with Gasteiger partial charge in [-0.1, -0.05) is 308 Å². The normalized spacial score (nSPS) is 12.1. The number of hydrogen-bond donors (Lipinski definition) is 0. The van der Waals surface area contributed by atoms with Gasteiger partial charge in [-0.2, -0.15) is 0 Å². The fraction of sp³-hybridized carbons (Fsp3) is 0.892. The van der Waals surface area contributed by atoms with Crippen molar-refractivity contribution >= 4 is 17.9 Å². The van der Waals surface area contributed by atoms with Gasteiger partial charge in [-0.05, 0) is 51.4 Å². The smallest absolute Gasteiger partial charge is 0.306 e. The zero-order valence-electron chi connectivity index (χ0n) is 48.0. The SMILES string of the molecule is CCCCCCC/C=C\C/C=C\CCCCCCCCCCCCCCCCCC(=O)OCC(COC(=O)CCCCCCCCCCCC)OC(=O)CCCCCCCCCCCCCCCCCC. The fourth-order valence-electron chi connectivity index (χ4n) is 9.65. The molecular weight excluding hydrogens is 877 g/mol. The lowest BCUT2D eigenvalue weighted by Crippen LogP contribution is -2.30. The first-order chi connectivity index (χ1) is 35.0. The number of hydrogen-bond acceptors (Lipinski definition) is 6. The van der Waals surface area contributed by atoms with E-state index in [2.05, 4.69) is 45.1 Å². The van der Waals surface area contributed by atoms with Crippen LogP contribution >= 0.6 is 0 Å². The molecule has 0 aromatic heterocycles. The molecule has 0 aromatic rings. The van der Waals surface area contributed by atoms with Gasteiger partial charge in [0.05, 0.1) is 0 Å². The molecule has 0 amide bonds. The van der Waals surface area contributed by atoms with Crippen LogP contribution in [0.3, 0.4) is 0 Å². The summed E-state index contributed by atoms with van der Waals surface area (Å²) in [5.41, 5.74) is 0. The molecule has 418 valence electrons. The zero-order chi connectivity index (χ0) is 51.4. The zero-order valence-corrected chi connectivity index (χ0v) is 48.0. The number of allylic oxidation sites excluding steroid dienone is 4. The van der Waals surface area contributed by atoms with E-state index in [1.165, 1.54) is 250 Å². The van der Waals surface area contributed by atoms with Crippen LogP contribution in [-0.4, -0.2) is 37.2 Å². The lowest BCUT2D eigenvalue weighted by atomic mass is 10.0. The number of ether oxygens (including phenoxy) is 3. The molecule has 0 spiro atoms. The quantitative estimate of drug-likeness (QED) is 0.0261. The van der Waals surface area contributed by atoms with Crippen LogP contribution in [0.25, 0.3) is 0 Å². The molecule has 0 aliphatic carbocycles. The lowest BCUT2D eigenvalue weighted by Gasteiger charge is -2.18. The van der Waals surface area contributed by atoms with E-state index < -0.39 is 6.10 Å². The number of unbranched alkanes of at least 4 members (excludes halogenated alkanes) is 44. The van der Waals surface area contributed by atoms with Gasteiger partial charge in [0.25, 0.3) is 0 Å². The third-order valence-corrected chi connectivity index (χ3v) is 14.5. The molecule has 6 heteroatoms. The van der Waals surface area contributed by atoms with E-state index in [1.54, 1.807) is 0 Å². The highest BCUT2D eigenvalue weighted by Gasteiger charge is 2.19. The average Bonchev–Trinajstić information content (AvgIpc) is 3.37. The molecule has 71 heavy (non-hydrogen) atoms. The summed E-state index contributed by atoms with van der Waals surface area (Å²) in [7, 11) is 0. The highest BCUT2D eigenvalue weighted by Crippen LogP contribution is 2.18. The molecule has 0 N–H and O–H groups in total. The molecule has 0 rings (SSSR count). The molecule has 6 nitrogen and oxygen atoms in total. The van der Waals surface area contributed by atoms with Gasteiger partial charge in [-0.25, -0.2) is 0 Å². The van der Waals surface area contributed by atoms with Crippen LogP contribution in [0.5, 0.6) is 0 Å². The number of carbonyl (C=O) groups excluding carboxylic acids is 3. The van der Waals surface area contributed by atoms with Crippen LogP contribution in [0.4, 0.5) is 0 Å². The Morgan fingerprint density at radius 2 is 0.507 bits per heavy atom. The summed E-state index contributed by atoms with van der Waals surface area (Å²) in [5, 5.41) is 0. The third-order valence-electron chi connectivity index (χ3n) is 14.5. The molecule has 0 aromatic carbocycles. The van der Waals surface area contributed by atoms with Gasteiger partial charge in [-0.3, -0.25) is 14.4 Å². The summed E-state index contributed by atoms with van der Waals surface area (Å²) >= 11 is 0.